The molecule has 0 spiro atoms. The van der Waals surface area contributed by atoms with Crippen LogP contribution in [-0.4, -0.2) is 13.1 Å². The fraction of sp³-hybridized carbons (Fsp3) is 0.412. The molecule has 2 aliphatic rings. The second-order valence-electron chi connectivity index (χ2n) is 12.5. The topological polar surface area (TPSA) is 116 Å². The first-order valence-electron chi connectivity index (χ1n) is 13.7. The minimum absolute atomic E-state index is 0.223. The van der Waals surface area contributed by atoms with Gasteiger partial charge in [-0.15, -0.1) is 0 Å². The van der Waals surface area contributed by atoms with Crippen molar-refractivity contribution < 1.29 is 0 Å². The van der Waals surface area contributed by atoms with Gasteiger partial charge in [-0.25, -0.2) is 0 Å². The Morgan fingerprint density at radius 3 is 1.36 bits per heavy atom. The standard InChI is InChI=1S/C34H51N5/c1-31(2)21-9-13-27(35)33(5,6)28(36)14-10-22-32(3,4)24-12-16-30(38)34(7,29(37)15-11-23-31)25-17-19-26(39-8)20-18-25/h9-19,21-24,26,39H,20,35-38H2,1-8H3/b21-9+,22-10+,23-11+,24-12+,27-13-,28-14-,29-15-,30-16?. The Balaban J connectivity index is 2.65. The van der Waals surface area contributed by atoms with Gasteiger partial charge in [-0.2, -0.15) is 0 Å². The van der Waals surface area contributed by atoms with E-state index in [1.807, 2.05) is 69.5 Å². The summed E-state index contributed by atoms with van der Waals surface area (Å²) < 4.78 is 0. The Labute approximate surface area is 237 Å². The normalized spacial score (nSPS) is 34.9. The third-order valence-corrected chi connectivity index (χ3v) is 7.85. The summed E-state index contributed by atoms with van der Waals surface area (Å²) in [6, 6.07) is 0.303. The molecule has 0 saturated carbocycles. The van der Waals surface area contributed by atoms with Crippen LogP contribution in [0.5, 0.6) is 0 Å². The molecule has 0 bridgehead atoms. The molecule has 0 radical (unpaired) electrons. The van der Waals surface area contributed by atoms with Crippen LogP contribution >= 0.6 is 0 Å². The number of nitrogens with one attached hydrogen (secondary N) is 1. The van der Waals surface area contributed by atoms with Crippen LogP contribution in [0, 0.1) is 21.7 Å². The molecule has 2 unspecified atom stereocenters. The van der Waals surface area contributed by atoms with Gasteiger partial charge in [0, 0.05) is 45.1 Å². The molecule has 0 heterocycles. The Morgan fingerprint density at radius 2 is 1.03 bits per heavy atom. The first kappa shape index (κ1) is 31.8. The number of allylic oxidation sites excluding steroid dienone is 13. The molecular formula is C34H51N5. The average Bonchev–Trinajstić information content (AvgIpc) is 2.86. The highest BCUT2D eigenvalue weighted by atomic mass is 14.9. The lowest BCUT2D eigenvalue weighted by molar-refractivity contribution is 0.524. The smallest absolute Gasteiger partial charge is 0.0709 e. The summed E-state index contributed by atoms with van der Waals surface area (Å²) in [6.07, 6.45) is 31.6. The van der Waals surface area contributed by atoms with Crippen molar-refractivity contribution in [3.05, 3.63) is 120 Å². The lowest BCUT2D eigenvalue weighted by Crippen LogP contribution is -2.34. The SMILES string of the molecule is CNC1C=CC(C2(C)C(N)=C/C=C/C(C)(C)/C=C/C=C(\N)C(C)(C)/C(N)=C/C=C/C(C)(C)/C=C/C=C/2N)=CC1. The van der Waals surface area contributed by atoms with Gasteiger partial charge in [-0.05, 0) is 64.1 Å². The molecule has 5 nitrogen and oxygen atoms in total. The van der Waals surface area contributed by atoms with Gasteiger partial charge in [0.25, 0.3) is 0 Å². The molecule has 39 heavy (non-hydrogen) atoms. The van der Waals surface area contributed by atoms with E-state index in [1.165, 1.54) is 0 Å². The highest BCUT2D eigenvalue weighted by Gasteiger charge is 2.34. The molecule has 5 heteroatoms. The monoisotopic (exact) mass is 529 g/mol. The number of hydrogen-bond acceptors (Lipinski definition) is 5. The first-order valence-corrected chi connectivity index (χ1v) is 13.7. The zero-order valence-corrected chi connectivity index (χ0v) is 25.3. The summed E-state index contributed by atoms with van der Waals surface area (Å²) in [5.74, 6) is 0. The fourth-order valence-corrected chi connectivity index (χ4v) is 4.33. The van der Waals surface area contributed by atoms with Crippen LogP contribution in [0.15, 0.2) is 120 Å². The molecule has 0 saturated heterocycles. The Kier molecular flexibility index (Phi) is 10.3. The van der Waals surface area contributed by atoms with Crippen LogP contribution in [0.4, 0.5) is 0 Å². The van der Waals surface area contributed by atoms with E-state index in [9.17, 15) is 0 Å². The maximum absolute atomic E-state index is 6.80. The molecule has 212 valence electrons. The van der Waals surface area contributed by atoms with Gasteiger partial charge in [0.05, 0.1) is 5.41 Å². The minimum Gasteiger partial charge on any atom is -0.401 e. The van der Waals surface area contributed by atoms with E-state index in [0.717, 1.165) is 12.0 Å². The van der Waals surface area contributed by atoms with Crippen LogP contribution in [-0.2, 0) is 0 Å². The molecule has 0 aromatic carbocycles. The highest BCUT2D eigenvalue weighted by Crippen LogP contribution is 2.40. The number of hydrogen-bond donors (Lipinski definition) is 5. The Hall–Kier alpha value is -3.44. The van der Waals surface area contributed by atoms with Crippen LogP contribution in [0.1, 0.15) is 54.9 Å². The molecular weight excluding hydrogens is 478 g/mol. The number of nitrogens with two attached hydrogens (primary N) is 4. The van der Waals surface area contributed by atoms with Crippen molar-refractivity contribution in [2.24, 2.45) is 44.6 Å². The lowest BCUT2D eigenvalue weighted by atomic mass is 9.73. The maximum Gasteiger partial charge on any atom is 0.0709 e. The van der Waals surface area contributed by atoms with Crippen LogP contribution in [0.3, 0.4) is 0 Å². The van der Waals surface area contributed by atoms with Crippen molar-refractivity contribution in [3.8, 4) is 0 Å². The van der Waals surface area contributed by atoms with Crippen molar-refractivity contribution in [2.45, 2.75) is 60.9 Å². The molecule has 0 amide bonds. The first-order chi connectivity index (χ1) is 18.0. The third-order valence-electron chi connectivity index (χ3n) is 7.85. The van der Waals surface area contributed by atoms with Gasteiger partial charge in [0.2, 0.25) is 0 Å². The fourth-order valence-electron chi connectivity index (χ4n) is 4.33. The van der Waals surface area contributed by atoms with Gasteiger partial charge in [-0.1, -0.05) is 94.5 Å². The number of rotatable bonds is 2. The zero-order chi connectivity index (χ0) is 29.5. The lowest BCUT2D eigenvalue weighted by Gasteiger charge is -2.34. The second kappa shape index (κ2) is 12.6. The van der Waals surface area contributed by atoms with Gasteiger partial charge in [0.1, 0.15) is 0 Å². The van der Waals surface area contributed by atoms with E-state index in [1.54, 1.807) is 0 Å². The summed E-state index contributed by atoms with van der Waals surface area (Å²) in [7, 11) is 1.97. The molecule has 2 aliphatic carbocycles. The predicted octanol–water partition coefficient (Wildman–Crippen LogP) is 6.15. The van der Waals surface area contributed by atoms with Gasteiger partial charge in [-0.3, -0.25) is 0 Å². The maximum atomic E-state index is 6.80. The average molecular weight is 530 g/mol. The summed E-state index contributed by atoms with van der Waals surface area (Å²) >= 11 is 0. The molecule has 0 aromatic heterocycles. The summed E-state index contributed by atoms with van der Waals surface area (Å²) in [5.41, 5.74) is 28.8. The number of likely N-dealkylation sites (N-methyl/N-ethyl adjacent to an activating group) is 1. The van der Waals surface area contributed by atoms with Crippen molar-refractivity contribution in [1.29, 1.82) is 0 Å². The zero-order valence-electron chi connectivity index (χ0n) is 25.3. The van der Waals surface area contributed by atoms with E-state index in [4.69, 9.17) is 22.9 Å². The van der Waals surface area contributed by atoms with Crippen molar-refractivity contribution in [3.63, 3.8) is 0 Å². The van der Waals surface area contributed by atoms with Crippen LogP contribution in [0.2, 0.25) is 0 Å². The molecule has 2 rings (SSSR count). The summed E-state index contributed by atoms with van der Waals surface area (Å²) in [5, 5.41) is 3.31. The summed E-state index contributed by atoms with van der Waals surface area (Å²) in [6.45, 7) is 14.7. The molecule has 9 N–H and O–H groups in total. The van der Waals surface area contributed by atoms with Crippen molar-refractivity contribution >= 4 is 0 Å². The third kappa shape index (κ3) is 8.27. The molecule has 0 aliphatic heterocycles. The van der Waals surface area contributed by atoms with Crippen molar-refractivity contribution in [1.82, 2.24) is 5.32 Å². The van der Waals surface area contributed by atoms with Gasteiger partial charge in [0.15, 0.2) is 0 Å². The van der Waals surface area contributed by atoms with E-state index < -0.39 is 10.8 Å². The van der Waals surface area contributed by atoms with Gasteiger partial charge < -0.3 is 28.3 Å². The second-order valence-corrected chi connectivity index (χ2v) is 12.5. The summed E-state index contributed by atoms with van der Waals surface area (Å²) in [4.78, 5) is 0. The van der Waals surface area contributed by atoms with E-state index in [2.05, 4.69) is 82.5 Å². The van der Waals surface area contributed by atoms with E-state index >= 15 is 0 Å². The quantitative estimate of drug-likeness (QED) is 0.294. The van der Waals surface area contributed by atoms with Gasteiger partial charge >= 0.3 is 0 Å². The van der Waals surface area contributed by atoms with E-state index in [0.29, 0.717) is 28.8 Å². The molecule has 0 fully saturated rings. The molecule has 2 atom stereocenters. The highest BCUT2D eigenvalue weighted by molar-refractivity contribution is 5.47. The van der Waals surface area contributed by atoms with Crippen LogP contribution < -0.4 is 28.3 Å². The Morgan fingerprint density at radius 1 is 0.641 bits per heavy atom. The molecule has 0 aromatic rings. The largest absolute Gasteiger partial charge is 0.401 e. The van der Waals surface area contributed by atoms with E-state index in [-0.39, 0.29) is 10.8 Å². The Bertz CT molecular complexity index is 1120. The predicted molar refractivity (Wildman–Crippen MR) is 170 cm³/mol. The van der Waals surface area contributed by atoms with Crippen LogP contribution in [0.25, 0.3) is 0 Å². The minimum atomic E-state index is -0.662. The van der Waals surface area contributed by atoms with Crippen molar-refractivity contribution in [2.75, 3.05) is 7.05 Å².